The number of fused-ring (bicyclic) bond motifs is 3. The van der Waals surface area contributed by atoms with Crippen molar-refractivity contribution in [2.75, 3.05) is 30.9 Å². The lowest BCUT2D eigenvalue weighted by molar-refractivity contribution is 0.215. The summed E-state index contributed by atoms with van der Waals surface area (Å²) in [5.41, 5.74) is 3.31. The Morgan fingerprint density at radius 1 is 1.23 bits per heavy atom. The molecule has 1 saturated heterocycles. The first-order chi connectivity index (χ1) is 12.4. The molecule has 0 aliphatic carbocycles. The maximum absolute atomic E-state index is 12.2. The third kappa shape index (κ3) is 2.72. The molecule has 1 N–H and O–H groups in total. The van der Waals surface area contributed by atoms with Gasteiger partial charge in [-0.3, -0.25) is 10.2 Å². The van der Waals surface area contributed by atoms with Crippen molar-refractivity contribution in [3.8, 4) is 5.75 Å². The van der Waals surface area contributed by atoms with Crippen molar-refractivity contribution in [3.05, 3.63) is 53.1 Å². The number of ether oxygens (including phenoxy) is 1. The zero-order valence-corrected chi connectivity index (χ0v) is 15.9. The smallest absolute Gasteiger partial charge is 0.410 e. The molecule has 4 rings (SSSR count). The number of amides is 1. The SMILES string of the molecule is CN1CCC2(C)c3cc(NC(=O)Oc4ccc(Cl)cc4)ccc3N(C)C12. The number of carbonyl (C=O) groups is 1. The summed E-state index contributed by atoms with van der Waals surface area (Å²) in [7, 11) is 4.30. The molecule has 2 aromatic carbocycles. The van der Waals surface area contributed by atoms with Gasteiger partial charge in [-0.25, -0.2) is 4.79 Å². The Bertz CT molecular complexity index is 855. The molecule has 0 spiro atoms. The minimum Gasteiger partial charge on any atom is -0.410 e. The molecule has 0 radical (unpaired) electrons. The number of rotatable bonds is 2. The van der Waals surface area contributed by atoms with Gasteiger partial charge in [0.15, 0.2) is 0 Å². The Morgan fingerprint density at radius 3 is 2.69 bits per heavy atom. The van der Waals surface area contributed by atoms with Gasteiger partial charge in [-0.05, 0) is 61.5 Å². The average Bonchev–Trinajstić information content (AvgIpc) is 3.03. The van der Waals surface area contributed by atoms with E-state index in [9.17, 15) is 4.79 Å². The quantitative estimate of drug-likeness (QED) is 0.853. The molecular formula is C20H22ClN3O2. The van der Waals surface area contributed by atoms with Crippen LogP contribution in [-0.4, -0.2) is 37.8 Å². The fourth-order valence-corrected chi connectivity index (χ4v) is 4.53. The first-order valence-electron chi connectivity index (χ1n) is 8.70. The molecule has 26 heavy (non-hydrogen) atoms. The number of likely N-dealkylation sites (tertiary alicyclic amines) is 1. The molecule has 0 aromatic heterocycles. The van der Waals surface area contributed by atoms with Crippen LogP contribution in [-0.2, 0) is 5.41 Å². The second kappa shape index (κ2) is 6.18. The van der Waals surface area contributed by atoms with Gasteiger partial charge in [-0.2, -0.15) is 0 Å². The fraction of sp³-hybridized carbons (Fsp3) is 0.350. The predicted molar refractivity (Wildman–Crippen MR) is 104 cm³/mol. The summed E-state index contributed by atoms with van der Waals surface area (Å²) in [4.78, 5) is 16.9. The zero-order chi connectivity index (χ0) is 18.5. The van der Waals surface area contributed by atoms with Gasteiger partial charge < -0.3 is 9.64 Å². The third-order valence-corrected chi connectivity index (χ3v) is 5.85. The van der Waals surface area contributed by atoms with Gasteiger partial charge in [0.25, 0.3) is 0 Å². The second-order valence-corrected chi connectivity index (χ2v) is 7.77. The van der Waals surface area contributed by atoms with Crippen molar-refractivity contribution < 1.29 is 9.53 Å². The zero-order valence-electron chi connectivity index (χ0n) is 15.1. The van der Waals surface area contributed by atoms with Gasteiger partial charge in [0, 0.05) is 35.4 Å². The van der Waals surface area contributed by atoms with E-state index in [1.807, 2.05) is 6.07 Å². The van der Waals surface area contributed by atoms with E-state index < -0.39 is 6.09 Å². The Hall–Kier alpha value is -2.24. The molecule has 0 bridgehead atoms. The Morgan fingerprint density at radius 2 is 1.96 bits per heavy atom. The highest BCUT2D eigenvalue weighted by molar-refractivity contribution is 6.30. The van der Waals surface area contributed by atoms with Crippen molar-refractivity contribution in [1.82, 2.24) is 4.90 Å². The first-order valence-corrected chi connectivity index (χ1v) is 9.08. The molecule has 5 nitrogen and oxygen atoms in total. The third-order valence-electron chi connectivity index (χ3n) is 5.60. The average molecular weight is 372 g/mol. The van der Waals surface area contributed by atoms with E-state index in [4.69, 9.17) is 16.3 Å². The minimum absolute atomic E-state index is 0.0661. The molecular weight excluding hydrogens is 350 g/mol. The standard InChI is InChI=1S/C20H22ClN3O2/c1-20-10-11-23(2)18(20)24(3)17-9-6-14(12-16(17)20)22-19(25)26-15-7-4-13(21)5-8-15/h4-9,12,18H,10-11H2,1-3H3,(H,22,25). The van der Waals surface area contributed by atoms with E-state index >= 15 is 0 Å². The molecule has 6 heteroatoms. The minimum atomic E-state index is -0.510. The highest BCUT2D eigenvalue weighted by Crippen LogP contribution is 2.51. The molecule has 2 unspecified atom stereocenters. The second-order valence-electron chi connectivity index (χ2n) is 7.33. The van der Waals surface area contributed by atoms with Crippen LogP contribution < -0.4 is 15.0 Å². The number of nitrogens with zero attached hydrogens (tertiary/aromatic N) is 2. The summed E-state index contributed by atoms with van der Waals surface area (Å²) >= 11 is 5.85. The van der Waals surface area contributed by atoms with Crippen LogP contribution in [0.3, 0.4) is 0 Å². The van der Waals surface area contributed by atoms with Crippen LogP contribution in [0, 0.1) is 0 Å². The number of anilines is 2. The maximum Gasteiger partial charge on any atom is 0.417 e. The topological polar surface area (TPSA) is 44.8 Å². The maximum atomic E-state index is 12.2. The van der Waals surface area contributed by atoms with E-state index in [0.717, 1.165) is 18.7 Å². The highest BCUT2D eigenvalue weighted by atomic mass is 35.5. The Balaban J connectivity index is 1.54. The van der Waals surface area contributed by atoms with E-state index in [2.05, 4.69) is 48.3 Å². The summed E-state index contributed by atoms with van der Waals surface area (Å²) < 4.78 is 5.32. The molecule has 2 heterocycles. The van der Waals surface area contributed by atoms with Crippen LogP contribution in [0.4, 0.5) is 16.2 Å². The van der Waals surface area contributed by atoms with Gasteiger partial charge in [0.05, 0.1) is 6.17 Å². The summed E-state index contributed by atoms with van der Waals surface area (Å²) in [6, 6.07) is 12.8. The van der Waals surface area contributed by atoms with Crippen LogP contribution in [0.1, 0.15) is 18.9 Å². The lowest BCUT2D eigenvalue weighted by atomic mass is 9.81. The number of carbonyl (C=O) groups excluding carboxylic acids is 1. The van der Waals surface area contributed by atoms with Crippen LogP contribution in [0.2, 0.25) is 5.02 Å². The molecule has 136 valence electrons. The molecule has 1 amide bonds. The fourth-order valence-electron chi connectivity index (χ4n) is 4.41. The molecule has 2 aliphatic rings. The monoisotopic (exact) mass is 371 g/mol. The summed E-state index contributed by atoms with van der Waals surface area (Å²) in [5, 5.41) is 3.43. The van der Waals surface area contributed by atoms with Gasteiger partial charge in [-0.1, -0.05) is 18.5 Å². The van der Waals surface area contributed by atoms with E-state index in [0.29, 0.717) is 16.9 Å². The number of halogens is 1. The molecule has 1 fully saturated rings. The van der Waals surface area contributed by atoms with Crippen molar-refractivity contribution in [2.45, 2.75) is 24.9 Å². The van der Waals surface area contributed by atoms with Gasteiger partial charge in [0.2, 0.25) is 0 Å². The first kappa shape index (κ1) is 17.2. The van der Waals surface area contributed by atoms with Crippen LogP contribution in [0.5, 0.6) is 5.75 Å². The molecule has 0 saturated carbocycles. The molecule has 2 atom stereocenters. The van der Waals surface area contributed by atoms with Crippen molar-refractivity contribution in [1.29, 1.82) is 0 Å². The van der Waals surface area contributed by atoms with Gasteiger partial charge >= 0.3 is 6.09 Å². The number of nitrogens with one attached hydrogen (secondary N) is 1. The normalized spacial score (nSPS) is 24.3. The van der Waals surface area contributed by atoms with Gasteiger partial charge in [-0.15, -0.1) is 0 Å². The Labute approximate surface area is 158 Å². The number of hydrogen-bond donors (Lipinski definition) is 1. The summed E-state index contributed by atoms with van der Waals surface area (Å²) in [6.45, 7) is 3.38. The summed E-state index contributed by atoms with van der Waals surface area (Å²) in [5.74, 6) is 0.456. The number of hydrogen-bond acceptors (Lipinski definition) is 4. The van der Waals surface area contributed by atoms with Crippen LogP contribution in [0.15, 0.2) is 42.5 Å². The predicted octanol–water partition coefficient (Wildman–Crippen LogP) is 4.32. The van der Waals surface area contributed by atoms with Gasteiger partial charge in [0.1, 0.15) is 5.75 Å². The highest BCUT2D eigenvalue weighted by Gasteiger charge is 2.52. The number of likely N-dealkylation sites (N-methyl/N-ethyl adjacent to an activating group) is 2. The lowest BCUT2D eigenvalue weighted by Crippen LogP contribution is -2.45. The largest absolute Gasteiger partial charge is 0.417 e. The van der Waals surface area contributed by atoms with E-state index in [1.165, 1.54) is 11.3 Å². The van der Waals surface area contributed by atoms with Crippen LogP contribution in [0.25, 0.3) is 0 Å². The van der Waals surface area contributed by atoms with Crippen LogP contribution >= 0.6 is 11.6 Å². The molecule has 2 aliphatic heterocycles. The van der Waals surface area contributed by atoms with E-state index in [1.54, 1.807) is 24.3 Å². The number of benzene rings is 2. The van der Waals surface area contributed by atoms with Crippen molar-refractivity contribution in [2.24, 2.45) is 0 Å². The van der Waals surface area contributed by atoms with Crippen molar-refractivity contribution >= 4 is 29.1 Å². The van der Waals surface area contributed by atoms with Crippen molar-refractivity contribution in [3.63, 3.8) is 0 Å². The Kier molecular flexibility index (Phi) is 4.09. The summed E-state index contributed by atoms with van der Waals surface area (Å²) in [6.07, 6.45) is 0.946. The molecule has 2 aromatic rings. The van der Waals surface area contributed by atoms with E-state index in [-0.39, 0.29) is 5.41 Å². The lowest BCUT2D eigenvalue weighted by Gasteiger charge is -2.32.